The summed E-state index contributed by atoms with van der Waals surface area (Å²) in [6.07, 6.45) is 0.937. The maximum absolute atomic E-state index is 11.6. The molecule has 0 heterocycles. The summed E-state index contributed by atoms with van der Waals surface area (Å²) in [6.45, 7) is 1.63. The van der Waals surface area contributed by atoms with Crippen molar-refractivity contribution in [2.24, 2.45) is 0 Å². The third-order valence-corrected chi connectivity index (χ3v) is 2.56. The van der Waals surface area contributed by atoms with Crippen molar-refractivity contribution < 1.29 is 24.0 Å². The molecule has 0 aromatic heterocycles. The van der Waals surface area contributed by atoms with E-state index in [4.69, 9.17) is 0 Å². The Bertz CT molecular complexity index is 609. The number of carbonyl (C=O) groups excluding carboxylic acids is 2. The van der Waals surface area contributed by atoms with E-state index in [-0.39, 0.29) is 11.4 Å². The number of hydrogen-bond acceptors (Lipinski definition) is 7. The Morgan fingerprint density at radius 3 is 2.43 bits per heavy atom. The first-order valence-corrected chi connectivity index (χ1v) is 5.79. The molecule has 21 heavy (non-hydrogen) atoms. The van der Waals surface area contributed by atoms with Crippen LogP contribution in [0.3, 0.4) is 0 Å². The highest BCUT2D eigenvalue weighted by Gasteiger charge is 2.15. The molecule has 0 aliphatic rings. The summed E-state index contributed by atoms with van der Waals surface area (Å²) >= 11 is 0. The van der Waals surface area contributed by atoms with Crippen LogP contribution in [-0.2, 0) is 19.1 Å². The van der Waals surface area contributed by atoms with Crippen molar-refractivity contribution in [3.8, 4) is 0 Å². The minimum absolute atomic E-state index is 0.0744. The first-order valence-electron chi connectivity index (χ1n) is 5.79. The second-order valence-corrected chi connectivity index (χ2v) is 3.95. The third kappa shape index (κ3) is 4.30. The van der Waals surface area contributed by atoms with E-state index in [0.29, 0.717) is 11.3 Å². The van der Waals surface area contributed by atoms with Crippen LogP contribution in [0.1, 0.15) is 5.56 Å². The molecule has 0 aliphatic heterocycles. The van der Waals surface area contributed by atoms with Gasteiger partial charge in [-0.2, -0.15) is 0 Å². The zero-order valence-corrected chi connectivity index (χ0v) is 11.7. The number of esters is 2. The van der Waals surface area contributed by atoms with E-state index in [1.54, 1.807) is 6.92 Å². The SMILES string of the molecule is COC(=O)/C=C(/Nc1ccc([N+](=O)[O-])cc1C)C(=O)OC. The van der Waals surface area contributed by atoms with Crippen LogP contribution in [0.4, 0.5) is 11.4 Å². The summed E-state index contributed by atoms with van der Waals surface area (Å²) in [5.41, 5.74) is 0.751. The maximum Gasteiger partial charge on any atom is 0.354 e. The number of nitro benzene ring substituents is 1. The Morgan fingerprint density at radius 2 is 1.95 bits per heavy atom. The molecule has 0 spiro atoms. The topological polar surface area (TPSA) is 108 Å². The summed E-state index contributed by atoms with van der Waals surface area (Å²) in [5, 5.41) is 13.4. The molecule has 0 aliphatic carbocycles. The standard InChI is InChI=1S/C13H14N2O6/c1-8-6-9(15(18)19)4-5-10(8)14-11(13(17)21-3)7-12(16)20-2/h4-7,14H,1-3H3/b11-7+. The normalized spacial score (nSPS) is 10.7. The molecule has 1 aromatic rings. The van der Waals surface area contributed by atoms with Crippen LogP contribution in [0.2, 0.25) is 0 Å². The lowest BCUT2D eigenvalue weighted by molar-refractivity contribution is -0.384. The summed E-state index contributed by atoms with van der Waals surface area (Å²) in [5.74, 6) is -1.50. The van der Waals surface area contributed by atoms with Gasteiger partial charge in [-0.1, -0.05) is 0 Å². The molecule has 0 amide bonds. The van der Waals surface area contributed by atoms with Gasteiger partial charge in [0.05, 0.1) is 25.2 Å². The molecule has 0 saturated carbocycles. The van der Waals surface area contributed by atoms with Crippen molar-refractivity contribution >= 4 is 23.3 Å². The molecule has 1 N–H and O–H groups in total. The van der Waals surface area contributed by atoms with Gasteiger partial charge in [-0.3, -0.25) is 10.1 Å². The van der Waals surface area contributed by atoms with E-state index in [2.05, 4.69) is 14.8 Å². The predicted molar refractivity (Wildman–Crippen MR) is 73.6 cm³/mol. The van der Waals surface area contributed by atoms with Crippen molar-refractivity contribution in [2.75, 3.05) is 19.5 Å². The van der Waals surface area contributed by atoms with Gasteiger partial charge < -0.3 is 14.8 Å². The van der Waals surface area contributed by atoms with E-state index in [0.717, 1.165) is 13.2 Å². The average molecular weight is 294 g/mol. The molecule has 0 atom stereocenters. The molecule has 8 nitrogen and oxygen atoms in total. The highest BCUT2D eigenvalue weighted by Crippen LogP contribution is 2.22. The van der Waals surface area contributed by atoms with Crippen molar-refractivity contribution in [1.29, 1.82) is 0 Å². The van der Waals surface area contributed by atoms with Crippen molar-refractivity contribution in [3.05, 3.63) is 45.6 Å². The largest absolute Gasteiger partial charge is 0.466 e. The Morgan fingerprint density at radius 1 is 1.29 bits per heavy atom. The van der Waals surface area contributed by atoms with E-state index in [9.17, 15) is 19.7 Å². The number of ether oxygens (including phenoxy) is 2. The summed E-state index contributed by atoms with van der Waals surface area (Å²) < 4.78 is 8.99. The van der Waals surface area contributed by atoms with Gasteiger partial charge in [0.1, 0.15) is 5.70 Å². The van der Waals surface area contributed by atoms with E-state index in [1.807, 2.05) is 0 Å². The number of aryl methyl sites for hydroxylation is 1. The number of nitrogens with zero attached hydrogens (tertiary/aromatic N) is 1. The van der Waals surface area contributed by atoms with E-state index < -0.39 is 16.9 Å². The molecule has 0 unspecified atom stereocenters. The van der Waals surface area contributed by atoms with E-state index in [1.165, 1.54) is 25.3 Å². The number of carbonyl (C=O) groups is 2. The molecule has 112 valence electrons. The number of methoxy groups -OCH3 is 2. The smallest absolute Gasteiger partial charge is 0.354 e. The number of non-ortho nitro benzene ring substituents is 1. The van der Waals surface area contributed by atoms with Crippen LogP contribution >= 0.6 is 0 Å². The molecular weight excluding hydrogens is 280 g/mol. The number of benzene rings is 1. The van der Waals surface area contributed by atoms with Crippen LogP contribution in [0.15, 0.2) is 30.0 Å². The third-order valence-electron chi connectivity index (χ3n) is 2.56. The van der Waals surface area contributed by atoms with Gasteiger partial charge in [-0.15, -0.1) is 0 Å². The zero-order chi connectivity index (χ0) is 16.0. The number of rotatable bonds is 5. The minimum atomic E-state index is -0.766. The van der Waals surface area contributed by atoms with Crippen LogP contribution < -0.4 is 5.32 Å². The lowest BCUT2D eigenvalue weighted by Crippen LogP contribution is -2.16. The fourth-order valence-electron chi connectivity index (χ4n) is 1.48. The van der Waals surface area contributed by atoms with Crippen molar-refractivity contribution in [3.63, 3.8) is 0 Å². The average Bonchev–Trinajstić information content (AvgIpc) is 2.46. The number of anilines is 1. The Hall–Kier alpha value is -2.90. The van der Waals surface area contributed by atoms with Gasteiger partial charge in [0.15, 0.2) is 0 Å². The highest BCUT2D eigenvalue weighted by atomic mass is 16.6. The van der Waals surface area contributed by atoms with Crippen molar-refractivity contribution in [1.82, 2.24) is 0 Å². The molecule has 0 bridgehead atoms. The van der Waals surface area contributed by atoms with Crippen LogP contribution in [0.25, 0.3) is 0 Å². The fraction of sp³-hybridized carbons (Fsp3) is 0.231. The second-order valence-electron chi connectivity index (χ2n) is 3.95. The summed E-state index contributed by atoms with van der Waals surface area (Å²) in [7, 11) is 2.34. The lowest BCUT2D eigenvalue weighted by Gasteiger charge is -2.11. The Balaban J connectivity index is 3.10. The molecular formula is C13H14N2O6. The molecule has 1 aromatic carbocycles. The molecule has 8 heteroatoms. The fourth-order valence-corrected chi connectivity index (χ4v) is 1.48. The second kappa shape index (κ2) is 7.04. The molecule has 0 radical (unpaired) electrons. The highest BCUT2D eigenvalue weighted by molar-refractivity contribution is 5.98. The number of nitro groups is 1. The quantitative estimate of drug-likeness (QED) is 0.380. The monoisotopic (exact) mass is 294 g/mol. The van der Waals surface area contributed by atoms with Gasteiger partial charge in [0, 0.05) is 17.8 Å². The zero-order valence-electron chi connectivity index (χ0n) is 11.7. The van der Waals surface area contributed by atoms with Gasteiger partial charge in [0.25, 0.3) is 5.69 Å². The Kier molecular flexibility index (Phi) is 5.41. The molecule has 1 rings (SSSR count). The molecule has 0 fully saturated rings. The van der Waals surface area contributed by atoms with Gasteiger partial charge >= 0.3 is 11.9 Å². The first-order chi connectivity index (χ1) is 9.88. The summed E-state index contributed by atoms with van der Waals surface area (Å²) in [6, 6.07) is 4.05. The number of hydrogen-bond donors (Lipinski definition) is 1. The lowest BCUT2D eigenvalue weighted by atomic mass is 10.1. The van der Waals surface area contributed by atoms with Gasteiger partial charge in [-0.25, -0.2) is 9.59 Å². The van der Waals surface area contributed by atoms with E-state index >= 15 is 0 Å². The first kappa shape index (κ1) is 16.2. The predicted octanol–water partition coefficient (Wildman–Crippen LogP) is 1.55. The minimum Gasteiger partial charge on any atom is -0.466 e. The van der Waals surface area contributed by atoms with Crippen LogP contribution in [0.5, 0.6) is 0 Å². The van der Waals surface area contributed by atoms with Crippen LogP contribution in [-0.4, -0.2) is 31.1 Å². The van der Waals surface area contributed by atoms with Gasteiger partial charge in [0.2, 0.25) is 0 Å². The van der Waals surface area contributed by atoms with Gasteiger partial charge in [-0.05, 0) is 18.6 Å². The Labute approximate surface area is 120 Å². The maximum atomic E-state index is 11.6. The van der Waals surface area contributed by atoms with Crippen LogP contribution in [0, 0.1) is 17.0 Å². The summed E-state index contributed by atoms with van der Waals surface area (Å²) in [4.78, 5) is 32.9. The van der Waals surface area contributed by atoms with Crippen molar-refractivity contribution in [2.45, 2.75) is 6.92 Å². The number of nitrogens with one attached hydrogen (secondary N) is 1. The molecule has 0 saturated heterocycles.